The Morgan fingerprint density at radius 3 is 2.86 bits per heavy atom. The lowest BCUT2D eigenvalue weighted by molar-refractivity contribution is 0.0405. The zero-order valence-electron chi connectivity index (χ0n) is 13.4. The van der Waals surface area contributed by atoms with Gasteiger partial charge >= 0.3 is 6.09 Å². The van der Waals surface area contributed by atoms with E-state index in [4.69, 9.17) is 9.47 Å². The van der Waals surface area contributed by atoms with Crippen LogP contribution in [0.3, 0.4) is 0 Å². The second kappa shape index (κ2) is 6.50. The number of hydrogen-bond donors (Lipinski definition) is 2. The first-order valence-corrected chi connectivity index (χ1v) is 7.79. The molecule has 0 saturated carbocycles. The number of alkyl carbamates (subject to hydrolysis) is 1. The number of nitrogens with zero attached hydrogens (tertiary/aromatic N) is 1. The van der Waals surface area contributed by atoms with Crippen molar-refractivity contribution in [2.45, 2.75) is 57.3 Å². The molecule has 6 heteroatoms. The van der Waals surface area contributed by atoms with Crippen molar-refractivity contribution < 1.29 is 19.4 Å². The predicted molar refractivity (Wildman–Crippen MR) is 79.2 cm³/mol. The standard InChI is InChI=1S/C15H28N2O4/c1-14(2,3)21-13(19)16-6-8-20-12-9-15(11-18)5-4-7-17(15)10-12/h12,18H,4-11H2,1-3H3,(H,16,19)/t12-,15-/m1/s1. The third kappa shape index (κ3) is 4.31. The molecule has 6 nitrogen and oxygen atoms in total. The Kier molecular flexibility index (Phi) is 5.11. The number of rotatable bonds is 5. The van der Waals surface area contributed by atoms with Gasteiger partial charge in [-0.1, -0.05) is 0 Å². The molecule has 122 valence electrons. The highest BCUT2D eigenvalue weighted by molar-refractivity contribution is 5.67. The molecule has 0 aromatic heterocycles. The van der Waals surface area contributed by atoms with Gasteiger partial charge in [0, 0.05) is 18.6 Å². The van der Waals surface area contributed by atoms with Gasteiger partial charge in [0.25, 0.3) is 0 Å². The fraction of sp³-hybridized carbons (Fsp3) is 0.933. The summed E-state index contributed by atoms with van der Waals surface area (Å²) < 4.78 is 11.0. The lowest BCUT2D eigenvalue weighted by Gasteiger charge is -2.28. The number of ether oxygens (including phenoxy) is 2. The van der Waals surface area contributed by atoms with E-state index in [9.17, 15) is 9.90 Å². The van der Waals surface area contributed by atoms with Gasteiger partial charge < -0.3 is 19.9 Å². The van der Waals surface area contributed by atoms with Gasteiger partial charge in [-0.15, -0.1) is 0 Å². The average Bonchev–Trinajstić information content (AvgIpc) is 2.89. The predicted octanol–water partition coefficient (Wildman–Crippen LogP) is 1.13. The number of fused-ring (bicyclic) bond motifs is 1. The van der Waals surface area contributed by atoms with Crippen LogP contribution in [0, 0.1) is 0 Å². The molecule has 2 heterocycles. The molecule has 21 heavy (non-hydrogen) atoms. The zero-order chi connectivity index (χ0) is 15.5. The molecule has 0 spiro atoms. The second-order valence-corrected chi connectivity index (χ2v) is 7.06. The molecule has 0 aromatic rings. The quantitative estimate of drug-likeness (QED) is 0.745. The van der Waals surface area contributed by atoms with Crippen molar-refractivity contribution in [3.8, 4) is 0 Å². The summed E-state index contributed by atoms with van der Waals surface area (Å²) in [5.74, 6) is 0. The molecule has 0 aromatic carbocycles. The molecule has 2 saturated heterocycles. The molecule has 2 fully saturated rings. The van der Waals surface area contributed by atoms with Crippen LogP contribution in [0.1, 0.15) is 40.0 Å². The lowest BCUT2D eigenvalue weighted by atomic mass is 9.94. The van der Waals surface area contributed by atoms with Crippen molar-refractivity contribution in [2.75, 3.05) is 32.8 Å². The molecule has 0 aliphatic carbocycles. The number of nitrogens with one attached hydrogen (secondary N) is 1. The van der Waals surface area contributed by atoms with Gasteiger partial charge in [-0.05, 0) is 46.6 Å². The van der Waals surface area contributed by atoms with Crippen molar-refractivity contribution in [1.29, 1.82) is 0 Å². The third-order valence-corrected chi connectivity index (χ3v) is 4.19. The SMILES string of the molecule is CC(C)(C)OC(=O)NCCO[C@H]1CN2CCC[C@]2(CO)C1. The normalized spacial score (nSPS) is 29.4. The Balaban J connectivity index is 1.63. The summed E-state index contributed by atoms with van der Waals surface area (Å²) in [5.41, 5.74) is -0.530. The van der Waals surface area contributed by atoms with Crippen LogP contribution in [0.15, 0.2) is 0 Å². The summed E-state index contributed by atoms with van der Waals surface area (Å²) >= 11 is 0. The molecular formula is C15H28N2O4. The summed E-state index contributed by atoms with van der Waals surface area (Å²) in [4.78, 5) is 13.8. The zero-order valence-corrected chi connectivity index (χ0v) is 13.4. The topological polar surface area (TPSA) is 71.0 Å². The van der Waals surface area contributed by atoms with Gasteiger partial charge in [-0.2, -0.15) is 0 Å². The van der Waals surface area contributed by atoms with Crippen LogP contribution in [0.2, 0.25) is 0 Å². The van der Waals surface area contributed by atoms with E-state index in [2.05, 4.69) is 10.2 Å². The maximum atomic E-state index is 11.5. The first kappa shape index (κ1) is 16.5. The Bertz CT molecular complexity index is 369. The van der Waals surface area contributed by atoms with Crippen LogP contribution in [-0.4, -0.2) is 66.2 Å². The van der Waals surface area contributed by atoms with Crippen LogP contribution in [-0.2, 0) is 9.47 Å². The molecule has 1 amide bonds. The second-order valence-electron chi connectivity index (χ2n) is 7.06. The van der Waals surface area contributed by atoms with E-state index < -0.39 is 11.7 Å². The summed E-state index contributed by atoms with van der Waals surface area (Å²) in [6, 6.07) is 0. The molecule has 2 atom stereocenters. The van der Waals surface area contributed by atoms with Gasteiger partial charge in [0.2, 0.25) is 0 Å². The summed E-state index contributed by atoms with van der Waals surface area (Å²) in [6.45, 7) is 8.57. The number of carbonyl (C=O) groups is 1. The Hall–Kier alpha value is -0.850. The van der Waals surface area contributed by atoms with E-state index in [0.29, 0.717) is 13.2 Å². The monoisotopic (exact) mass is 300 g/mol. The van der Waals surface area contributed by atoms with Crippen LogP contribution in [0.25, 0.3) is 0 Å². The summed E-state index contributed by atoms with van der Waals surface area (Å²) in [5, 5.41) is 12.3. The Labute approximate surface area is 126 Å². The van der Waals surface area contributed by atoms with E-state index >= 15 is 0 Å². The maximum Gasteiger partial charge on any atom is 0.407 e. The molecule has 0 bridgehead atoms. The Morgan fingerprint density at radius 2 is 2.24 bits per heavy atom. The van der Waals surface area contributed by atoms with Crippen molar-refractivity contribution in [3.63, 3.8) is 0 Å². The van der Waals surface area contributed by atoms with Crippen LogP contribution in [0.5, 0.6) is 0 Å². The van der Waals surface area contributed by atoms with Crippen LogP contribution >= 0.6 is 0 Å². The highest BCUT2D eigenvalue weighted by Gasteiger charge is 2.48. The molecule has 2 aliphatic heterocycles. The number of carbonyl (C=O) groups excluding carboxylic acids is 1. The van der Waals surface area contributed by atoms with Crippen LogP contribution < -0.4 is 5.32 Å². The average molecular weight is 300 g/mol. The third-order valence-electron chi connectivity index (χ3n) is 4.19. The fourth-order valence-electron chi connectivity index (χ4n) is 3.29. The highest BCUT2D eigenvalue weighted by atomic mass is 16.6. The molecule has 0 unspecified atom stereocenters. The molecule has 2 aliphatic rings. The fourth-order valence-corrected chi connectivity index (χ4v) is 3.29. The minimum atomic E-state index is -0.478. The van der Waals surface area contributed by atoms with Gasteiger partial charge in [0.15, 0.2) is 0 Å². The number of amides is 1. The van der Waals surface area contributed by atoms with Gasteiger partial charge in [0.1, 0.15) is 5.60 Å². The lowest BCUT2D eigenvalue weighted by Crippen LogP contribution is -2.41. The first-order chi connectivity index (χ1) is 9.85. The van der Waals surface area contributed by atoms with Crippen molar-refractivity contribution in [1.82, 2.24) is 10.2 Å². The maximum absolute atomic E-state index is 11.5. The number of aliphatic hydroxyl groups excluding tert-OH is 1. The smallest absolute Gasteiger partial charge is 0.407 e. The van der Waals surface area contributed by atoms with E-state index in [1.807, 2.05) is 20.8 Å². The first-order valence-electron chi connectivity index (χ1n) is 7.79. The Morgan fingerprint density at radius 1 is 1.48 bits per heavy atom. The molecule has 2 N–H and O–H groups in total. The van der Waals surface area contributed by atoms with Gasteiger partial charge in [-0.25, -0.2) is 4.79 Å². The van der Waals surface area contributed by atoms with Gasteiger partial charge in [-0.3, -0.25) is 4.90 Å². The summed E-state index contributed by atoms with van der Waals surface area (Å²) in [6.07, 6.45) is 2.84. The van der Waals surface area contributed by atoms with Crippen molar-refractivity contribution in [2.24, 2.45) is 0 Å². The molecule has 2 rings (SSSR count). The van der Waals surface area contributed by atoms with Crippen LogP contribution in [0.4, 0.5) is 4.79 Å². The van der Waals surface area contributed by atoms with Crippen molar-refractivity contribution >= 4 is 6.09 Å². The molecular weight excluding hydrogens is 272 g/mol. The van der Waals surface area contributed by atoms with Crippen molar-refractivity contribution in [3.05, 3.63) is 0 Å². The minimum Gasteiger partial charge on any atom is -0.444 e. The number of hydrogen-bond acceptors (Lipinski definition) is 5. The van der Waals surface area contributed by atoms with E-state index in [0.717, 1.165) is 32.4 Å². The molecule has 0 radical (unpaired) electrons. The highest BCUT2D eigenvalue weighted by Crippen LogP contribution is 2.39. The van der Waals surface area contributed by atoms with E-state index in [1.165, 1.54) is 0 Å². The van der Waals surface area contributed by atoms with Gasteiger partial charge in [0.05, 0.1) is 19.3 Å². The van der Waals surface area contributed by atoms with E-state index in [-0.39, 0.29) is 18.2 Å². The summed E-state index contributed by atoms with van der Waals surface area (Å²) in [7, 11) is 0. The largest absolute Gasteiger partial charge is 0.444 e. The minimum absolute atomic E-state index is 0.0523. The van der Waals surface area contributed by atoms with E-state index in [1.54, 1.807) is 0 Å². The number of aliphatic hydroxyl groups is 1.